The van der Waals surface area contributed by atoms with Crippen LogP contribution in [0, 0.1) is 13.8 Å². The van der Waals surface area contributed by atoms with Gasteiger partial charge in [0, 0.05) is 12.0 Å². The normalized spacial score (nSPS) is 19.3. The quantitative estimate of drug-likeness (QED) is 0.538. The molecule has 0 bridgehead atoms. The summed E-state index contributed by atoms with van der Waals surface area (Å²) in [4.78, 5) is 5.55. The van der Waals surface area contributed by atoms with Crippen LogP contribution in [0.15, 0.2) is 17.3 Å². The Kier molecular flexibility index (Phi) is 6.23. The van der Waals surface area contributed by atoms with Gasteiger partial charge in [-0.25, -0.2) is 0 Å². The van der Waals surface area contributed by atoms with E-state index in [-0.39, 0.29) is 17.7 Å². The smallest absolute Gasteiger partial charge is 0.389 e. The van der Waals surface area contributed by atoms with Crippen LogP contribution in [0.5, 0.6) is 0 Å². The summed E-state index contributed by atoms with van der Waals surface area (Å²) in [6.07, 6.45) is 4.18. The van der Waals surface area contributed by atoms with Crippen molar-refractivity contribution in [2.75, 3.05) is 3.71 Å². The Hall–Kier alpha value is -2.03. The summed E-state index contributed by atoms with van der Waals surface area (Å²) in [7, 11) is -14.0. The van der Waals surface area contributed by atoms with E-state index in [4.69, 9.17) is 4.84 Å². The van der Waals surface area contributed by atoms with E-state index in [0.717, 1.165) is 32.3 Å². The van der Waals surface area contributed by atoms with Crippen molar-refractivity contribution in [3.05, 3.63) is 28.8 Å². The highest BCUT2D eigenvalue weighted by Crippen LogP contribution is 2.43. The lowest BCUT2D eigenvalue weighted by Crippen LogP contribution is -2.49. The fraction of sp³-hybridized carbons (Fsp3) is 0.611. The number of hydrogen-bond acceptors (Lipinski definition) is 6. The number of aryl methyl sites for hydroxylation is 2. The predicted molar refractivity (Wildman–Crippen MR) is 106 cm³/mol. The monoisotopic (exact) mass is 522 g/mol. The number of nitrogens with zero attached hydrogens (tertiary/aromatic N) is 2. The fourth-order valence-electron chi connectivity index (χ4n) is 4.05. The zero-order valence-electron chi connectivity index (χ0n) is 17.4. The van der Waals surface area contributed by atoms with Gasteiger partial charge >= 0.3 is 31.1 Å². The molecular formula is C18H20F6N2O5S2. The molecule has 15 heteroatoms. The third-order valence-corrected chi connectivity index (χ3v) is 9.29. The number of rotatable bonds is 4. The molecule has 7 nitrogen and oxygen atoms in total. The first kappa shape index (κ1) is 25.6. The average molecular weight is 522 g/mol. The highest BCUT2D eigenvalue weighted by Gasteiger charge is 2.62. The number of oxime groups is 1. The van der Waals surface area contributed by atoms with Crippen LogP contribution >= 0.6 is 0 Å². The molecule has 1 spiro atoms. The lowest BCUT2D eigenvalue weighted by molar-refractivity contribution is -0.0464. The Labute approximate surface area is 186 Å². The van der Waals surface area contributed by atoms with E-state index in [2.05, 4.69) is 5.16 Å². The van der Waals surface area contributed by atoms with Crippen molar-refractivity contribution >= 4 is 31.4 Å². The third kappa shape index (κ3) is 4.40. The SMILES string of the molecule is Cc1cc(C)c(N(S(=O)(=O)C(F)(F)F)S(=O)(=O)C(F)(F)F)cc1C1=NOC2(CCCCC2)C1. The van der Waals surface area contributed by atoms with E-state index in [9.17, 15) is 43.2 Å². The van der Waals surface area contributed by atoms with Crippen LogP contribution in [0.3, 0.4) is 0 Å². The Morgan fingerprint density at radius 2 is 1.39 bits per heavy atom. The highest BCUT2D eigenvalue weighted by molar-refractivity contribution is 8.11. The van der Waals surface area contributed by atoms with Crippen molar-refractivity contribution in [1.82, 2.24) is 0 Å². The van der Waals surface area contributed by atoms with Crippen LogP contribution in [0.25, 0.3) is 0 Å². The zero-order chi connectivity index (χ0) is 25.0. The summed E-state index contributed by atoms with van der Waals surface area (Å²) < 4.78 is 126. The summed E-state index contributed by atoms with van der Waals surface area (Å²) >= 11 is 0. The summed E-state index contributed by atoms with van der Waals surface area (Å²) in [5, 5.41) is 3.95. The second-order valence-electron chi connectivity index (χ2n) is 8.10. The molecule has 0 N–H and O–H groups in total. The minimum Gasteiger partial charge on any atom is -0.389 e. The van der Waals surface area contributed by atoms with Gasteiger partial charge in [0.05, 0.1) is 11.4 Å². The van der Waals surface area contributed by atoms with E-state index >= 15 is 0 Å². The largest absolute Gasteiger partial charge is 0.517 e. The van der Waals surface area contributed by atoms with Gasteiger partial charge < -0.3 is 4.84 Å². The van der Waals surface area contributed by atoms with Gasteiger partial charge in [-0.15, -0.1) is 3.71 Å². The first-order valence-electron chi connectivity index (χ1n) is 9.73. The lowest BCUT2D eigenvalue weighted by Gasteiger charge is -2.30. The van der Waals surface area contributed by atoms with Gasteiger partial charge in [0.25, 0.3) is 0 Å². The van der Waals surface area contributed by atoms with Gasteiger partial charge in [-0.3, -0.25) is 0 Å². The van der Waals surface area contributed by atoms with Crippen LogP contribution in [0.1, 0.15) is 55.2 Å². The highest BCUT2D eigenvalue weighted by atomic mass is 32.3. The van der Waals surface area contributed by atoms with Gasteiger partial charge in [0.2, 0.25) is 0 Å². The molecule has 0 radical (unpaired) electrons. The second-order valence-corrected chi connectivity index (χ2v) is 11.9. The molecule has 1 saturated carbocycles. The van der Waals surface area contributed by atoms with Crippen LogP contribution in [-0.2, 0) is 24.9 Å². The predicted octanol–water partition coefficient (Wildman–Crippen LogP) is 4.64. The minimum atomic E-state index is -6.98. The standard InChI is InChI=1S/C18H20F6N2O5S2/c1-11-8-12(2)15(9-13(11)14-10-16(31-25-14)6-4-3-5-7-16)26(32(27,28)17(19,20)21)33(29,30)18(22,23)24/h8-9H,3-7,10H2,1-2H3. The number of hydrogen-bond donors (Lipinski definition) is 0. The minimum absolute atomic E-state index is 0.00204. The molecule has 0 amide bonds. The van der Waals surface area contributed by atoms with Gasteiger partial charge in [0.15, 0.2) is 0 Å². The van der Waals surface area contributed by atoms with Gasteiger partial charge in [0.1, 0.15) is 5.60 Å². The molecule has 186 valence electrons. The van der Waals surface area contributed by atoms with Gasteiger partial charge in [-0.05, 0) is 56.7 Å². The average Bonchev–Trinajstić information content (AvgIpc) is 3.05. The van der Waals surface area contributed by atoms with E-state index in [0.29, 0.717) is 24.5 Å². The molecule has 0 aromatic heterocycles. The Morgan fingerprint density at radius 3 is 1.88 bits per heavy atom. The van der Waals surface area contributed by atoms with E-state index in [1.807, 2.05) is 0 Å². The topological polar surface area (TPSA) is 93.1 Å². The summed E-state index contributed by atoms with van der Waals surface area (Å²) in [5.74, 6) is 0. The molecule has 0 saturated heterocycles. The molecule has 33 heavy (non-hydrogen) atoms. The molecule has 1 aliphatic carbocycles. The van der Waals surface area contributed by atoms with Crippen LogP contribution in [0.4, 0.5) is 32.0 Å². The summed E-state index contributed by atoms with van der Waals surface area (Å²) in [6.45, 7) is 2.49. The number of alkyl halides is 6. The first-order chi connectivity index (χ1) is 14.9. The molecular weight excluding hydrogens is 502 g/mol. The number of halogens is 6. The first-order valence-corrected chi connectivity index (χ1v) is 12.6. The number of benzene rings is 1. The maximum absolute atomic E-state index is 13.2. The van der Waals surface area contributed by atoms with Gasteiger partial charge in [-0.1, -0.05) is 17.6 Å². The van der Waals surface area contributed by atoms with Crippen molar-refractivity contribution in [2.45, 2.75) is 69.0 Å². The van der Waals surface area contributed by atoms with Crippen molar-refractivity contribution in [3.63, 3.8) is 0 Å². The third-order valence-electron chi connectivity index (χ3n) is 5.68. The maximum atomic E-state index is 13.2. The molecule has 1 heterocycles. The van der Waals surface area contributed by atoms with Gasteiger partial charge in [-0.2, -0.15) is 43.2 Å². The molecule has 1 fully saturated rings. The molecule has 3 rings (SSSR count). The van der Waals surface area contributed by atoms with E-state index in [1.54, 1.807) is 0 Å². The van der Waals surface area contributed by atoms with E-state index < -0.39 is 51.6 Å². The van der Waals surface area contributed by atoms with Crippen LogP contribution in [-0.4, -0.2) is 39.2 Å². The summed E-state index contributed by atoms with van der Waals surface area (Å²) in [6, 6.07) is 1.77. The zero-order valence-corrected chi connectivity index (χ0v) is 19.1. The van der Waals surface area contributed by atoms with Crippen LogP contribution in [0.2, 0.25) is 0 Å². The second kappa shape index (κ2) is 8.03. The molecule has 1 aliphatic heterocycles. The number of anilines is 1. The number of sulfonamides is 2. The van der Waals surface area contributed by atoms with Crippen LogP contribution < -0.4 is 3.71 Å². The molecule has 1 aromatic rings. The molecule has 0 unspecified atom stereocenters. The molecule has 2 aliphatic rings. The Morgan fingerprint density at radius 1 is 0.879 bits per heavy atom. The van der Waals surface area contributed by atoms with Crippen molar-refractivity contribution in [3.8, 4) is 0 Å². The lowest BCUT2D eigenvalue weighted by atomic mass is 9.80. The Bertz CT molecular complexity index is 1140. The molecule has 0 atom stereocenters. The van der Waals surface area contributed by atoms with E-state index in [1.165, 1.54) is 6.92 Å². The van der Waals surface area contributed by atoms with Crippen molar-refractivity contribution in [1.29, 1.82) is 0 Å². The maximum Gasteiger partial charge on any atom is 0.517 e. The molecule has 1 aromatic carbocycles. The Balaban J connectivity index is 2.19. The van der Waals surface area contributed by atoms with Crippen molar-refractivity contribution in [2.24, 2.45) is 5.16 Å². The summed E-state index contributed by atoms with van der Waals surface area (Å²) in [5.41, 5.74) is -14.5. The fourth-order valence-corrected chi connectivity index (χ4v) is 6.88. The van der Waals surface area contributed by atoms with Crippen molar-refractivity contribution < 1.29 is 48.0 Å².